The second kappa shape index (κ2) is 7.12. The van der Waals surface area contributed by atoms with Crippen molar-refractivity contribution in [3.8, 4) is 0 Å². The van der Waals surface area contributed by atoms with Crippen LogP contribution in [0.25, 0.3) is 0 Å². The predicted molar refractivity (Wildman–Crippen MR) is 90.0 cm³/mol. The number of hydrogen-bond donors (Lipinski definition) is 2. The lowest BCUT2D eigenvalue weighted by Crippen LogP contribution is -2.24. The third-order valence-corrected chi connectivity index (χ3v) is 5.07. The fraction of sp³-hybridized carbons (Fsp3) is 0.188. The van der Waals surface area contributed by atoms with Gasteiger partial charge in [0.2, 0.25) is 10.0 Å². The van der Waals surface area contributed by atoms with Crippen molar-refractivity contribution >= 4 is 27.5 Å². The third-order valence-electron chi connectivity index (χ3n) is 3.42. The molecule has 0 radical (unpaired) electrons. The first-order valence-corrected chi connectivity index (χ1v) is 8.76. The summed E-state index contributed by atoms with van der Waals surface area (Å²) in [6.45, 7) is 2.25. The molecular weight excluding hydrogens is 336 g/mol. The van der Waals surface area contributed by atoms with Gasteiger partial charge in [-0.1, -0.05) is 23.7 Å². The third kappa shape index (κ3) is 4.31. The van der Waals surface area contributed by atoms with Gasteiger partial charge in [-0.15, -0.1) is 0 Å². The van der Waals surface area contributed by atoms with E-state index in [4.69, 9.17) is 11.6 Å². The first kappa shape index (κ1) is 17.5. The van der Waals surface area contributed by atoms with Crippen molar-refractivity contribution in [3.05, 3.63) is 64.2 Å². The lowest BCUT2D eigenvalue weighted by molar-refractivity contribution is 0.0950. The molecule has 0 heterocycles. The van der Waals surface area contributed by atoms with Crippen LogP contribution in [0, 0.1) is 6.92 Å². The van der Waals surface area contributed by atoms with E-state index in [1.54, 1.807) is 12.1 Å². The van der Waals surface area contributed by atoms with Crippen LogP contribution in [0.15, 0.2) is 47.4 Å². The van der Waals surface area contributed by atoms with E-state index in [1.165, 1.54) is 25.2 Å². The van der Waals surface area contributed by atoms with Crippen molar-refractivity contribution in [3.63, 3.8) is 0 Å². The molecule has 122 valence electrons. The van der Waals surface area contributed by atoms with Gasteiger partial charge in [-0.2, -0.15) is 0 Å². The number of rotatable bonds is 5. The van der Waals surface area contributed by atoms with Crippen molar-refractivity contribution in [2.45, 2.75) is 18.4 Å². The van der Waals surface area contributed by atoms with Crippen molar-refractivity contribution in [1.29, 1.82) is 0 Å². The maximum absolute atomic E-state index is 12.2. The van der Waals surface area contributed by atoms with E-state index >= 15 is 0 Å². The first-order valence-electron chi connectivity index (χ1n) is 6.90. The maximum atomic E-state index is 12.2. The fourth-order valence-electron chi connectivity index (χ4n) is 2.06. The highest BCUT2D eigenvalue weighted by Gasteiger charge is 2.14. The highest BCUT2D eigenvalue weighted by atomic mass is 35.5. The van der Waals surface area contributed by atoms with E-state index in [-0.39, 0.29) is 16.4 Å². The standard InChI is InChI=1S/C16H17ClN2O3S/c1-11-8-14(17)7-6-13(11)10-19-16(20)12-4-3-5-15(9-12)23(21,22)18-2/h3-9,18H,10H2,1-2H3,(H,19,20). The maximum Gasteiger partial charge on any atom is 0.251 e. The molecule has 2 aromatic carbocycles. The highest BCUT2D eigenvalue weighted by Crippen LogP contribution is 2.15. The number of sulfonamides is 1. The molecule has 0 aliphatic carbocycles. The van der Waals surface area contributed by atoms with Crippen LogP contribution in [-0.4, -0.2) is 21.4 Å². The van der Waals surface area contributed by atoms with Gasteiger partial charge in [-0.25, -0.2) is 13.1 Å². The Bertz CT molecular complexity index is 835. The number of carbonyl (C=O) groups excluding carboxylic acids is 1. The molecule has 0 saturated carbocycles. The summed E-state index contributed by atoms with van der Waals surface area (Å²) in [4.78, 5) is 12.3. The van der Waals surface area contributed by atoms with Gasteiger partial charge in [0.25, 0.3) is 5.91 Å². The summed E-state index contributed by atoms with van der Waals surface area (Å²) in [6, 6.07) is 11.3. The number of aryl methyl sites for hydroxylation is 1. The van der Waals surface area contributed by atoms with Crippen molar-refractivity contribution < 1.29 is 13.2 Å². The number of halogens is 1. The minimum atomic E-state index is -3.58. The Morgan fingerprint density at radius 2 is 1.91 bits per heavy atom. The van der Waals surface area contributed by atoms with Gasteiger partial charge in [0.15, 0.2) is 0 Å². The second-order valence-corrected chi connectivity index (χ2v) is 7.31. The molecule has 2 N–H and O–H groups in total. The van der Waals surface area contributed by atoms with Crippen molar-refractivity contribution in [2.24, 2.45) is 0 Å². The van der Waals surface area contributed by atoms with Gasteiger partial charge in [-0.05, 0) is 55.4 Å². The monoisotopic (exact) mass is 352 g/mol. The van der Waals surface area contributed by atoms with E-state index < -0.39 is 10.0 Å². The van der Waals surface area contributed by atoms with Crippen LogP contribution in [0.2, 0.25) is 5.02 Å². The Kier molecular flexibility index (Phi) is 5.41. The lowest BCUT2D eigenvalue weighted by atomic mass is 10.1. The van der Waals surface area contributed by atoms with E-state index in [2.05, 4.69) is 10.0 Å². The smallest absolute Gasteiger partial charge is 0.251 e. The molecule has 7 heteroatoms. The van der Waals surface area contributed by atoms with E-state index in [0.717, 1.165) is 11.1 Å². The molecular formula is C16H17ClN2O3S. The van der Waals surface area contributed by atoms with Crippen LogP contribution in [0.3, 0.4) is 0 Å². The average molecular weight is 353 g/mol. The minimum Gasteiger partial charge on any atom is -0.348 e. The number of amides is 1. The van der Waals surface area contributed by atoms with Gasteiger partial charge in [0.1, 0.15) is 0 Å². The quantitative estimate of drug-likeness (QED) is 0.868. The number of hydrogen-bond acceptors (Lipinski definition) is 3. The number of nitrogens with one attached hydrogen (secondary N) is 2. The van der Waals surface area contributed by atoms with Crippen LogP contribution in [0.1, 0.15) is 21.5 Å². The van der Waals surface area contributed by atoms with Crippen molar-refractivity contribution in [2.75, 3.05) is 7.05 Å². The molecule has 0 bridgehead atoms. The highest BCUT2D eigenvalue weighted by molar-refractivity contribution is 7.89. The van der Waals surface area contributed by atoms with E-state index in [1.807, 2.05) is 19.1 Å². The van der Waals surface area contributed by atoms with Crippen LogP contribution in [0.4, 0.5) is 0 Å². The summed E-state index contributed by atoms with van der Waals surface area (Å²) in [6.07, 6.45) is 0. The molecule has 0 aliphatic rings. The zero-order valence-electron chi connectivity index (χ0n) is 12.8. The fourth-order valence-corrected chi connectivity index (χ4v) is 3.06. The molecule has 0 fully saturated rings. The Hall–Kier alpha value is -1.89. The van der Waals surface area contributed by atoms with E-state index in [9.17, 15) is 13.2 Å². The molecule has 5 nitrogen and oxygen atoms in total. The zero-order chi connectivity index (χ0) is 17.0. The Labute approximate surface area is 140 Å². The molecule has 0 spiro atoms. The minimum absolute atomic E-state index is 0.0512. The van der Waals surface area contributed by atoms with Gasteiger partial charge in [0.05, 0.1) is 4.90 Å². The normalized spacial score (nSPS) is 11.3. The van der Waals surface area contributed by atoms with Crippen LogP contribution < -0.4 is 10.0 Å². The molecule has 2 aromatic rings. The Balaban J connectivity index is 2.14. The molecule has 0 unspecified atom stereocenters. The SMILES string of the molecule is CNS(=O)(=O)c1cccc(C(=O)NCc2ccc(Cl)cc2C)c1. The topological polar surface area (TPSA) is 75.3 Å². The Morgan fingerprint density at radius 1 is 1.17 bits per heavy atom. The molecule has 2 rings (SSSR count). The molecule has 0 aliphatic heterocycles. The van der Waals surface area contributed by atoms with Crippen LogP contribution in [0.5, 0.6) is 0 Å². The van der Waals surface area contributed by atoms with Crippen LogP contribution >= 0.6 is 11.6 Å². The van der Waals surface area contributed by atoms with Gasteiger partial charge < -0.3 is 5.32 Å². The molecule has 1 amide bonds. The summed E-state index contributed by atoms with van der Waals surface area (Å²) >= 11 is 5.90. The summed E-state index contributed by atoms with van der Waals surface area (Å²) in [7, 11) is -2.25. The molecule has 0 aromatic heterocycles. The first-order chi connectivity index (χ1) is 10.8. The summed E-state index contributed by atoms with van der Waals surface area (Å²) < 4.78 is 25.8. The molecule has 0 atom stereocenters. The van der Waals surface area contributed by atoms with Gasteiger partial charge >= 0.3 is 0 Å². The summed E-state index contributed by atoms with van der Waals surface area (Å²) in [5, 5.41) is 3.42. The molecule has 0 saturated heterocycles. The Morgan fingerprint density at radius 3 is 2.57 bits per heavy atom. The zero-order valence-corrected chi connectivity index (χ0v) is 14.3. The summed E-state index contributed by atoms with van der Waals surface area (Å²) in [5.41, 5.74) is 2.21. The van der Waals surface area contributed by atoms with Crippen LogP contribution in [-0.2, 0) is 16.6 Å². The van der Waals surface area contributed by atoms with Gasteiger partial charge in [-0.3, -0.25) is 4.79 Å². The number of carbonyl (C=O) groups is 1. The number of benzene rings is 2. The van der Waals surface area contributed by atoms with Gasteiger partial charge in [0, 0.05) is 17.1 Å². The van der Waals surface area contributed by atoms with Crippen molar-refractivity contribution in [1.82, 2.24) is 10.0 Å². The lowest BCUT2D eigenvalue weighted by Gasteiger charge is -2.09. The summed E-state index contributed by atoms with van der Waals surface area (Å²) in [5.74, 6) is -0.340. The average Bonchev–Trinajstić information content (AvgIpc) is 2.54. The predicted octanol–water partition coefficient (Wildman–Crippen LogP) is 2.49. The van der Waals surface area contributed by atoms with E-state index in [0.29, 0.717) is 11.6 Å². The second-order valence-electron chi connectivity index (χ2n) is 4.99. The largest absolute Gasteiger partial charge is 0.348 e. The molecule has 23 heavy (non-hydrogen) atoms.